The van der Waals surface area contributed by atoms with Gasteiger partial charge in [-0.05, 0) is 31.2 Å². The van der Waals surface area contributed by atoms with E-state index in [4.69, 9.17) is 9.47 Å². The smallest absolute Gasteiger partial charge is 0.350 e. The number of ether oxygens (including phenoxy) is 2. The van der Waals surface area contributed by atoms with Crippen molar-refractivity contribution < 1.29 is 27.5 Å². The molecule has 8 nitrogen and oxygen atoms in total. The molecule has 0 saturated carbocycles. The van der Waals surface area contributed by atoms with Gasteiger partial charge < -0.3 is 14.8 Å². The van der Waals surface area contributed by atoms with Crippen molar-refractivity contribution in [1.82, 2.24) is 4.98 Å². The number of hydrogen-bond acceptors (Lipinski definition) is 8. The Hall–Kier alpha value is -3.24. The summed E-state index contributed by atoms with van der Waals surface area (Å²) in [5.74, 6) is -1.59. The predicted molar refractivity (Wildman–Crippen MR) is 117 cm³/mol. The normalized spacial score (nSPS) is 11.0. The van der Waals surface area contributed by atoms with E-state index in [1.165, 1.54) is 31.4 Å². The molecule has 10 heteroatoms. The first-order valence-electron chi connectivity index (χ1n) is 9.24. The van der Waals surface area contributed by atoms with Gasteiger partial charge in [-0.2, -0.15) is 0 Å². The Kier molecular flexibility index (Phi) is 7.03. The van der Waals surface area contributed by atoms with Gasteiger partial charge in [0.15, 0.2) is 15.0 Å². The van der Waals surface area contributed by atoms with E-state index in [0.29, 0.717) is 17.0 Å². The zero-order chi connectivity index (χ0) is 22.4. The van der Waals surface area contributed by atoms with Gasteiger partial charge in [-0.1, -0.05) is 41.7 Å². The SMILES string of the molecule is CCOC(=O)c1sc(NC(=O)CS(=O)(=O)c2ccc(OC)cc2)nc1-c1ccccc1. The van der Waals surface area contributed by atoms with Crippen LogP contribution in [-0.4, -0.2) is 44.7 Å². The van der Waals surface area contributed by atoms with Gasteiger partial charge in [0, 0.05) is 5.56 Å². The zero-order valence-corrected chi connectivity index (χ0v) is 18.5. The average Bonchev–Trinajstić information content (AvgIpc) is 3.18. The Labute approximate surface area is 183 Å². The fourth-order valence-corrected chi connectivity index (χ4v) is 4.73. The molecule has 1 heterocycles. The largest absolute Gasteiger partial charge is 0.497 e. The number of esters is 1. The number of rotatable bonds is 8. The van der Waals surface area contributed by atoms with Gasteiger partial charge in [0.1, 0.15) is 16.4 Å². The summed E-state index contributed by atoms with van der Waals surface area (Å²) in [4.78, 5) is 29.3. The summed E-state index contributed by atoms with van der Waals surface area (Å²) < 4.78 is 35.1. The van der Waals surface area contributed by atoms with Gasteiger partial charge >= 0.3 is 5.97 Å². The van der Waals surface area contributed by atoms with Crippen LogP contribution in [0.1, 0.15) is 16.6 Å². The van der Waals surface area contributed by atoms with Crippen LogP contribution in [0.3, 0.4) is 0 Å². The van der Waals surface area contributed by atoms with Crippen molar-refractivity contribution in [3.63, 3.8) is 0 Å². The minimum Gasteiger partial charge on any atom is -0.497 e. The Morgan fingerprint density at radius 2 is 1.74 bits per heavy atom. The van der Waals surface area contributed by atoms with E-state index in [-0.39, 0.29) is 21.5 Å². The second-order valence-electron chi connectivity index (χ2n) is 6.27. The van der Waals surface area contributed by atoms with Crippen molar-refractivity contribution >= 4 is 38.2 Å². The highest BCUT2D eigenvalue weighted by molar-refractivity contribution is 7.92. The number of nitrogens with one attached hydrogen (secondary N) is 1. The summed E-state index contributed by atoms with van der Waals surface area (Å²) >= 11 is 0.929. The molecule has 1 aromatic heterocycles. The highest BCUT2D eigenvalue weighted by Crippen LogP contribution is 2.32. The Bertz CT molecular complexity index is 1170. The van der Waals surface area contributed by atoms with E-state index < -0.39 is 27.5 Å². The Balaban J connectivity index is 1.81. The van der Waals surface area contributed by atoms with E-state index in [1.807, 2.05) is 6.07 Å². The molecule has 0 aliphatic heterocycles. The van der Waals surface area contributed by atoms with Crippen molar-refractivity contribution in [2.75, 3.05) is 24.8 Å². The lowest BCUT2D eigenvalue weighted by molar-refractivity contribution is -0.113. The van der Waals surface area contributed by atoms with Crippen molar-refractivity contribution in [3.05, 3.63) is 59.5 Å². The van der Waals surface area contributed by atoms with Crippen LogP contribution in [0.4, 0.5) is 5.13 Å². The van der Waals surface area contributed by atoms with E-state index in [1.54, 1.807) is 31.2 Å². The third kappa shape index (κ3) is 5.47. The van der Waals surface area contributed by atoms with Crippen molar-refractivity contribution in [2.45, 2.75) is 11.8 Å². The fraction of sp³-hybridized carbons (Fsp3) is 0.190. The van der Waals surface area contributed by atoms with Crippen molar-refractivity contribution in [2.24, 2.45) is 0 Å². The highest BCUT2D eigenvalue weighted by Gasteiger charge is 2.24. The maximum atomic E-state index is 12.5. The molecule has 2 aromatic carbocycles. The maximum Gasteiger partial charge on any atom is 0.350 e. The quantitative estimate of drug-likeness (QED) is 0.513. The minimum absolute atomic E-state index is 0.000207. The Morgan fingerprint density at radius 1 is 1.06 bits per heavy atom. The molecule has 0 unspecified atom stereocenters. The third-order valence-electron chi connectivity index (χ3n) is 4.12. The summed E-state index contributed by atoms with van der Waals surface area (Å²) in [5.41, 5.74) is 1.03. The van der Waals surface area contributed by atoms with E-state index in [0.717, 1.165) is 11.3 Å². The standard InChI is InChI=1S/C21H20N2O6S2/c1-3-29-20(25)19-18(14-7-5-4-6-8-14)23-21(30-19)22-17(24)13-31(26,27)16-11-9-15(28-2)10-12-16/h4-12H,3,13H2,1-2H3,(H,22,23,24). The van der Waals surface area contributed by atoms with Crippen LogP contribution in [0.25, 0.3) is 11.3 Å². The van der Waals surface area contributed by atoms with Crippen LogP contribution < -0.4 is 10.1 Å². The molecule has 0 bridgehead atoms. The van der Waals surface area contributed by atoms with Crippen LogP contribution in [0.2, 0.25) is 0 Å². The number of methoxy groups -OCH3 is 1. The number of carbonyl (C=O) groups excluding carboxylic acids is 2. The van der Waals surface area contributed by atoms with Crippen molar-refractivity contribution in [3.8, 4) is 17.0 Å². The van der Waals surface area contributed by atoms with Crippen LogP contribution in [-0.2, 0) is 19.4 Å². The number of anilines is 1. The fourth-order valence-electron chi connectivity index (χ4n) is 2.69. The summed E-state index contributed by atoms with van der Waals surface area (Å²) in [6.07, 6.45) is 0. The monoisotopic (exact) mass is 460 g/mol. The van der Waals surface area contributed by atoms with E-state index in [2.05, 4.69) is 10.3 Å². The molecule has 0 aliphatic carbocycles. The molecule has 0 saturated heterocycles. The van der Waals surface area contributed by atoms with Crippen LogP contribution in [0.15, 0.2) is 59.5 Å². The lowest BCUT2D eigenvalue weighted by Crippen LogP contribution is -2.22. The van der Waals surface area contributed by atoms with Gasteiger partial charge in [0.2, 0.25) is 5.91 Å². The summed E-state index contributed by atoms with van der Waals surface area (Å²) in [7, 11) is -2.40. The third-order valence-corrected chi connectivity index (χ3v) is 6.70. The highest BCUT2D eigenvalue weighted by atomic mass is 32.2. The molecule has 162 valence electrons. The molecule has 1 N–H and O–H groups in total. The molecule has 1 amide bonds. The maximum absolute atomic E-state index is 12.5. The lowest BCUT2D eigenvalue weighted by Gasteiger charge is -2.05. The van der Waals surface area contributed by atoms with Crippen LogP contribution in [0, 0.1) is 0 Å². The number of benzene rings is 2. The second-order valence-corrected chi connectivity index (χ2v) is 9.25. The molecule has 0 fully saturated rings. The molecule has 31 heavy (non-hydrogen) atoms. The van der Waals surface area contributed by atoms with Gasteiger partial charge in [0.25, 0.3) is 0 Å². The molecular formula is C21H20N2O6S2. The number of aromatic nitrogens is 1. The number of carbonyl (C=O) groups is 2. The topological polar surface area (TPSA) is 112 Å². The number of hydrogen-bond donors (Lipinski definition) is 1. The van der Waals surface area contributed by atoms with Crippen LogP contribution in [0.5, 0.6) is 5.75 Å². The second kappa shape index (κ2) is 9.71. The molecule has 0 radical (unpaired) electrons. The number of amides is 1. The van der Waals surface area contributed by atoms with E-state index in [9.17, 15) is 18.0 Å². The van der Waals surface area contributed by atoms with Gasteiger partial charge in [-0.15, -0.1) is 0 Å². The first-order chi connectivity index (χ1) is 14.8. The van der Waals surface area contributed by atoms with Gasteiger partial charge in [-0.25, -0.2) is 18.2 Å². The summed E-state index contributed by atoms with van der Waals surface area (Å²) in [6, 6.07) is 14.7. The first kappa shape index (κ1) is 22.4. The lowest BCUT2D eigenvalue weighted by atomic mass is 10.1. The van der Waals surface area contributed by atoms with Crippen LogP contribution >= 0.6 is 11.3 Å². The average molecular weight is 461 g/mol. The molecule has 0 atom stereocenters. The molecule has 0 aliphatic rings. The number of sulfone groups is 1. The molecule has 0 spiro atoms. The molecule has 3 aromatic rings. The van der Waals surface area contributed by atoms with E-state index >= 15 is 0 Å². The molecular weight excluding hydrogens is 440 g/mol. The summed E-state index contributed by atoms with van der Waals surface area (Å²) in [5, 5.41) is 2.58. The van der Waals surface area contributed by atoms with Crippen molar-refractivity contribution in [1.29, 1.82) is 0 Å². The number of thiazole rings is 1. The first-order valence-corrected chi connectivity index (χ1v) is 11.7. The zero-order valence-electron chi connectivity index (χ0n) is 16.8. The predicted octanol–water partition coefficient (Wildman–Crippen LogP) is 3.41. The van der Waals surface area contributed by atoms with Gasteiger partial charge in [0.05, 0.1) is 24.3 Å². The Morgan fingerprint density at radius 3 is 2.35 bits per heavy atom. The summed E-state index contributed by atoms with van der Waals surface area (Å²) in [6.45, 7) is 1.88. The number of nitrogens with zero attached hydrogens (tertiary/aromatic N) is 1. The molecule has 3 rings (SSSR count). The minimum atomic E-state index is -3.87. The van der Waals surface area contributed by atoms with Gasteiger partial charge in [-0.3, -0.25) is 4.79 Å².